The summed E-state index contributed by atoms with van der Waals surface area (Å²) in [6, 6.07) is 13.2. The molecule has 19 heavy (non-hydrogen) atoms. The smallest absolute Gasteiger partial charge is 0.228 e. The summed E-state index contributed by atoms with van der Waals surface area (Å²) in [6.07, 6.45) is 0.346. The van der Waals surface area contributed by atoms with Gasteiger partial charge in [-0.1, -0.05) is 51.8 Å². The van der Waals surface area contributed by atoms with Gasteiger partial charge in [0, 0.05) is 4.47 Å². The lowest BCUT2D eigenvalue weighted by molar-refractivity contribution is -0.115. The maximum atomic E-state index is 12.0. The molecule has 0 aliphatic carbocycles. The number of rotatable bonds is 3. The van der Waals surface area contributed by atoms with E-state index in [0.717, 1.165) is 15.6 Å². The maximum absolute atomic E-state index is 12.0. The number of hydrogen-bond acceptors (Lipinski definition) is 1. The predicted molar refractivity (Wildman–Crippen MR) is 82.7 cm³/mol. The SMILES string of the molecule is Cc1ccccc1CC(=O)Nc1ccc(Br)cc1Cl. The van der Waals surface area contributed by atoms with Crippen LogP contribution in [0.15, 0.2) is 46.9 Å². The highest BCUT2D eigenvalue weighted by Crippen LogP contribution is 2.25. The van der Waals surface area contributed by atoms with Crippen molar-refractivity contribution < 1.29 is 4.79 Å². The molecule has 1 N–H and O–H groups in total. The molecule has 2 nitrogen and oxygen atoms in total. The lowest BCUT2D eigenvalue weighted by Gasteiger charge is -2.09. The molecule has 0 aliphatic rings. The van der Waals surface area contributed by atoms with Gasteiger partial charge in [0.05, 0.1) is 17.1 Å². The summed E-state index contributed by atoms with van der Waals surface area (Å²) in [4.78, 5) is 12.0. The minimum absolute atomic E-state index is 0.0708. The normalized spacial score (nSPS) is 10.3. The molecule has 0 unspecified atom stereocenters. The van der Waals surface area contributed by atoms with Crippen molar-refractivity contribution in [3.63, 3.8) is 0 Å². The number of hydrogen-bond donors (Lipinski definition) is 1. The number of nitrogens with one attached hydrogen (secondary N) is 1. The largest absolute Gasteiger partial charge is 0.324 e. The van der Waals surface area contributed by atoms with E-state index in [4.69, 9.17) is 11.6 Å². The Balaban J connectivity index is 2.08. The highest BCUT2D eigenvalue weighted by molar-refractivity contribution is 9.10. The van der Waals surface area contributed by atoms with Gasteiger partial charge in [-0.25, -0.2) is 0 Å². The Morgan fingerprint density at radius 3 is 2.68 bits per heavy atom. The third kappa shape index (κ3) is 3.82. The first kappa shape index (κ1) is 14.1. The standard InChI is InChI=1S/C15H13BrClNO/c1-10-4-2-3-5-11(10)8-15(19)18-14-7-6-12(16)9-13(14)17/h2-7,9H,8H2,1H3,(H,18,19). The van der Waals surface area contributed by atoms with Crippen LogP contribution in [0.3, 0.4) is 0 Å². The summed E-state index contributed by atoms with van der Waals surface area (Å²) in [5.74, 6) is -0.0708. The quantitative estimate of drug-likeness (QED) is 0.871. The van der Waals surface area contributed by atoms with Gasteiger partial charge in [-0.3, -0.25) is 4.79 Å². The predicted octanol–water partition coefficient (Wildman–Crippen LogP) is 4.59. The van der Waals surface area contributed by atoms with Crippen LogP contribution in [0.5, 0.6) is 0 Å². The second kappa shape index (κ2) is 6.22. The molecule has 1 amide bonds. The molecule has 0 saturated carbocycles. The first-order chi connectivity index (χ1) is 9.06. The number of benzene rings is 2. The zero-order chi connectivity index (χ0) is 13.8. The van der Waals surface area contributed by atoms with Crippen LogP contribution in [0.1, 0.15) is 11.1 Å². The van der Waals surface area contributed by atoms with Crippen LogP contribution in [0, 0.1) is 6.92 Å². The summed E-state index contributed by atoms with van der Waals surface area (Å²) in [6.45, 7) is 2.00. The lowest BCUT2D eigenvalue weighted by atomic mass is 10.1. The van der Waals surface area contributed by atoms with E-state index in [2.05, 4.69) is 21.2 Å². The number of anilines is 1. The van der Waals surface area contributed by atoms with Crippen molar-refractivity contribution in [3.8, 4) is 0 Å². The van der Waals surface area contributed by atoms with Gasteiger partial charge >= 0.3 is 0 Å². The first-order valence-corrected chi connectivity index (χ1v) is 7.03. The fraction of sp³-hybridized carbons (Fsp3) is 0.133. The van der Waals surface area contributed by atoms with E-state index in [-0.39, 0.29) is 5.91 Å². The van der Waals surface area contributed by atoms with Gasteiger partial charge in [0.15, 0.2) is 0 Å². The molecule has 0 radical (unpaired) electrons. The van der Waals surface area contributed by atoms with Gasteiger partial charge in [0.1, 0.15) is 0 Å². The Morgan fingerprint density at radius 2 is 2.00 bits per heavy atom. The van der Waals surface area contributed by atoms with E-state index in [9.17, 15) is 4.79 Å². The van der Waals surface area contributed by atoms with Crippen molar-refractivity contribution in [2.45, 2.75) is 13.3 Å². The van der Waals surface area contributed by atoms with Gasteiger partial charge in [0.25, 0.3) is 0 Å². The van der Waals surface area contributed by atoms with Crippen LogP contribution in [-0.4, -0.2) is 5.91 Å². The van der Waals surface area contributed by atoms with Crippen molar-refractivity contribution >= 4 is 39.1 Å². The molecule has 0 atom stereocenters. The van der Waals surface area contributed by atoms with Crippen LogP contribution in [0.25, 0.3) is 0 Å². The Bertz CT molecular complexity index is 613. The Hall–Kier alpha value is -1.32. The summed E-state index contributed by atoms with van der Waals surface area (Å²) < 4.78 is 0.884. The van der Waals surface area contributed by atoms with E-state index >= 15 is 0 Å². The highest BCUT2D eigenvalue weighted by atomic mass is 79.9. The second-order valence-electron chi connectivity index (χ2n) is 4.28. The van der Waals surface area contributed by atoms with Crippen molar-refractivity contribution in [1.82, 2.24) is 0 Å². The molecule has 2 rings (SSSR count). The van der Waals surface area contributed by atoms with Crippen LogP contribution < -0.4 is 5.32 Å². The van der Waals surface area contributed by atoms with Crippen molar-refractivity contribution in [2.24, 2.45) is 0 Å². The molecule has 98 valence electrons. The molecule has 2 aromatic rings. The number of carbonyl (C=O) groups excluding carboxylic acids is 1. The Labute approximate surface area is 125 Å². The third-order valence-corrected chi connectivity index (χ3v) is 3.62. The summed E-state index contributed by atoms with van der Waals surface area (Å²) in [5, 5.41) is 3.34. The zero-order valence-electron chi connectivity index (χ0n) is 10.4. The third-order valence-electron chi connectivity index (χ3n) is 2.82. The van der Waals surface area contributed by atoms with Crippen LogP contribution in [0.2, 0.25) is 5.02 Å². The lowest BCUT2D eigenvalue weighted by Crippen LogP contribution is -2.15. The summed E-state index contributed by atoms with van der Waals surface area (Å²) in [7, 11) is 0. The molecular weight excluding hydrogens is 326 g/mol. The van der Waals surface area contributed by atoms with E-state index in [1.807, 2.05) is 37.3 Å². The van der Waals surface area contributed by atoms with Gasteiger partial charge in [0.2, 0.25) is 5.91 Å². The fourth-order valence-electron chi connectivity index (χ4n) is 1.77. The van der Waals surface area contributed by atoms with Crippen molar-refractivity contribution in [1.29, 1.82) is 0 Å². The summed E-state index contributed by atoms with van der Waals surface area (Å²) in [5.41, 5.74) is 2.76. The molecule has 0 aliphatic heterocycles. The maximum Gasteiger partial charge on any atom is 0.228 e. The number of carbonyl (C=O) groups is 1. The monoisotopic (exact) mass is 337 g/mol. The van der Waals surface area contributed by atoms with Crippen LogP contribution in [0.4, 0.5) is 5.69 Å². The zero-order valence-corrected chi connectivity index (χ0v) is 12.8. The fourth-order valence-corrected chi connectivity index (χ4v) is 2.49. The van der Waals surface area contributed by atoms with E-state index in [1.54, 1.807) is 12.1 Å². The average Bonchev–Trinajstić information content (AvgIpc) is 2.36. The number of aryl methyl sites for hydroxylation is 1. The van der Waals surface area contributed by atoms with Crippen molar-refractivity contribution in [2.75, 3.05) is 5.32 Å². The van der Waals surface area contributed by atoms with Gasteiger partial charge < -0.3 is 5.32 Å². The minimum atomic E-state index is -0.0708. The molecule has 0 aromatic heterocycles. The van der Waals surface area contributed by atoms with E-state index < -0.39 is 0 Å². The topological polar surface area (TPSA) is 29.1 Å². The summed E-state index contributed by atoms with van der Waals surface area (Å²) >= 11 is 9.39. The van der Waals surface area contributed by atoms with Gasteiger partial charge in [-0.15, -0.1) is 0 Å². The van der Waals surface area contributed by atoms with Crippen LogP contribution in [-0.2, 0) is 11.2 Å². The van der Waals surface area contributed by atoms with E-state index in [1.165, 1.54) is 0 Å². The molecule has 0 spiro atoms. The van der Waals surface area contributed by atoms with E-state index in [0.29, 0.717) is 17.1 Å². The average molecular weight is 339 g/mol. The molecule has 4 heteroatoms. The Morgan fingerprint density at radius 1 is 1.26 bits per heavy atom. The second-order valence-corrected chi connectivity index (χ2v) is 5.60. The molecular formula is C15H13BrClNO. The van der Waals surface area contributed by atoms with Crippen LogP contribution >= 0.6 is 27.5 Å². The minimum Gasteiger partial charge on any atom is -0.324 e. The molecule has 0 saturated heterocycles. The van der Waals surface area contributed by atoms with Crippen molar-refractivity contribution in [3.05, 3.63) is 63.1 Å². The molecule has 0 bridgehead atoms. The molecule has 0 heterocycles. The number of halogens is 2. The van der Waals surface area contributed by atoms with Gasteiger partial charge in [-0.05, 0) is 36.2 Å². The Kier molecular flexibility index (Phi) is 4.61. The highest BCUT2D eigenvalue weighted by Gasteiger charge is 2.08. The number of amides is 1. The first-order valence-electron chi connectivity index (χ1n) is 5.85. The molecule has 0 fully saturated rings. The molecule has 2 aromatic carbocycles. The van der Waals surface area contributed by atoms with Gasteiger partial charge in [-0.2, -0.15) is 0 Å².